The van der Waals surface area contributed by atoms with Gasteiger partial charge in [-0.3, -0.25) is 5.01 Å². The summed E-state index contributed by atoms with van der Waals surface area (Å²) in [4.78, 5) is 11.7. The third-order valence-electron chi connectivity index (χ3n) is 5.83. The van der Waals surface area contributed by atoms with E-state index in [2.05, 4.69) is 32.2 Å². The molecule has 0 amide bonds. The molecule has 4 rings (SSSR count). The number of alkyl halides is 3. The Balaban J connectivity index is 1.43. The Morgan fingerprint density at radius 1 is 1.27 bits per heavy atom. The number of hydrazone groups is 1. The Morgan fingerprint density at radius 2 is 2.10 bits per heavy atom. The molecule has 1 saturated heterocycles. The standard InChI is InChI=1S/C20H27F3N6S/c1-13(14-10-26-28(2)11-14)27-15-4-3-6-29(7-5-15)18-17-8-16(9-20(21,22)23)30-19(17)25-12-24-18/h8,10,12-15,27H,3-7,9,11H2,1-2H3/t13-,14?,15+/m1/s1. The molecule has 0 spiro atoms. The maximum atomic E-state index is 12.8. The number of thiophene rings is 1. The Morgan fingerprint density at radius 3 is 2.83 bits per heavy atom. The van der Waals surface area contributed by atoms with Crippen LogP contribution < -0.4 is 10.2 Å². The maximum absolute atomic E-state index is 12.8. The molecule has 0 aromatic carbocycles. The van der Waals surface area contributed by atoms with Gasteiger partial charge in [-0.2, -0.15) is 18.3 Å². The zero-order chi connectivity index (χ0) is 21.3. The summed E-state index contributed by atoms with van der Waals surface area (Å²) in [6, 6.07) is 2.37. The second-order valence-electron chi connectivity index (χ2n) is 8.26. The highest BCUT2D eigenvalue weighted by atomic mass is 32.1. The van der Waals surface area contributed by atoms with E-state index < -0.39 is 12.6 Å². The van der Waals surface area contributed by atoms with Crippen LogP contribution in [0.15, 0.2) is 17.5 Å². The molecule has 10 heteroatoms. The van der Waals surface area contributed by atoms with E-state index in [9.17, 15) is 13.2 Å². The summed E-state index contributed by atoms with van der Waals surface area (Å²) < 4.78 is 38.4. The van der Waals surface area contributed by atoms with Gasteiger partial charge in [-0.25, -0.2) is 9.97 Å². The summed E-state index contributed by atoms with van der Waals surface area (Å²) in [6.45, 7) is 4.81. The van der Waals surface area contributed by atoms with Gasteiger partial charge in [-0.1, -0.05) is 0 Å². The highest BCUT2D eigenvalue weighted by Crippen LogP contribution is 2.34. The molecule has 4 heterocycles. The molecule has 2 aromatic heterocycles. The number of aromatic nitrogens is 2. The highest BCUT2D eigenvalue weighted by molar-refractivity contribution is 7.18. The van der Waals surface area contributed by atoms with Crippen LogP contribution >= 0.6 is 11.3 Å². The Hall–Kier alpha value is -1.94. The molecule has 0 saturated carbocycles. The number of hydrogen-bond acceptors (Lipinski definition) is 7. The monoisotopic (exact) mass is 440 g/mol. The molecule has 164 valence electrons. The molecule has 1 unspecified atom stereocenters. The first-order chi connectivity index (χ1) is 14.3. The van der Waals surface area contributed by atoms with Crippen LogP contribution in [-0.4, -0.2) is 66.1 Å². The van der Waals surface area contributed by atoms with Crippen molar-refractivity contribution < 1.29 is 13.2 Å². The van der Waals surface area contributed by atoms with Gasteiger partial charge in [-0.05, 0) is 32.3 Å². The fourth-order valence-electron chi connectivity index (χ4n) is 4.29. The second-order valence-corrected chi connectivity index (χ2v) is 9.37. The molecule has 6 nitrogen and oxygen atoms in total. The average Bonchev–Trinajstić information content (AvgIpc) is 3.20. The third kappa shape index (κ3) is 5.03. The predicted molar refractivity (Wildman–Crippen MR) is 114 cm³/mol. The van der Waals surface area contributed by atoms with Gasteiger partial charge in [0.25, 0.3) is 0 Å². The normalized spacial score (nSPS) is 23.9. The summed E-state index contributed by atoms with van der Waals surface area (Å²) >= 11 is 1.10. The molecule has 0 bridgehead atoms. The lowest BCUT2D eigenvalue weighted by molar-refractivity contribution is -0.126. The average molecular weight is 441 g/mol. The van der Waals surface area contributed by atoms with Gasteiger partial charge >= 0.3 is 6.18 Å². The van der Waals surface area contributed by atoms with Crippen molar-refractivity contribution in [2.75, 3.05) is 31.6 Å². The van der Waals surface area contributed by atoms with Crippen molar-refractivity contribution in [1.29, 1.82) is 0 Å². The number of nitrogens with zero attached hydrogens (tertiary/aromatic N) is 5. The van der Waals surface area contributed by atoms with E-state index in [1.165, 1.54) is 6.33 Å². The van der Waals surface area contributed by atoms with E-state index in [1.807, 2.05) is 18.3 Å². The van der Waals surface area contributed by atoms with Crippen LogP contribution in [0.1, 0.15) is 31.1 Å². The molecule has 0 aliphatic carbocycles. The van der Waals surface area contributed by atoms with Gasteiger partial charge in [0.2, 0.25) is 0 Å². The molecule has 30 heavy (non-hydrogen) atoms. The first-order valence-corrected chi connectivity index (χ1v) is 11.2. The van der Waals surface area contributed by atoms with Gasteiger partial charge in [0.05, 0.1) is 11.8 Å². The SMILES string of the molecule is C[C@@H](N[C@H]1CCCN(c2ncnc3sc(CC(F)(F)F)cc23)CC1)C1C=NN(C)C1. The number of rotatable bonds is 5. The summed E-state index contributed by atoms with van der Waals surface area (Å²) in [7, 11) is 1.99. The van der Waals surface area contributed by atoms with E-state index in [0.717, 1.165) is 61.4 Å². The quantitative estimate of drug-likeness (QED) is 0.769. The summed E-state index contributed by atoms with van der Waals surface area (Å²) in [6.07, 6.45) is 1.39. The van der Waals surface area contributed by atoms with Gasteiger partial charge in [0.15, 0.2) is 0 Å². The molecule has 2 aromatic rings. The zero-order valence-corrected chi connectivity index (χ0v) is 18.0. The minimum atomic E-state index is -4.22. The summed E-state index contributed by atoms with van der Waals surface area (Å²) in [5.41, 5.74) is 0. The smallest absolute Gasteiger partial charge is 0.356 e. The van der Waals surface area contributed by atoms with E-state index in [4.69, 9.17) is 0 Å². The number of fused-ring (bicyclic) bond motifs is 1. The van der Waals surface area contributed by atoms with Gasteiger partial charge in [0, 0.05) is 55.8 Å². The minimum absolute atomic E-state index is 0.283. The number of anilines is 1. The first kappa shape index (κ1) is 21.3. The Bertz CT molecular complexity index is 898. The van der Waals surface area contributed by atoms with E-state index in [-0.39, 0.29) is 4.88 Å². The van der Waals surface area contributed by atoms with Crippen molar-refractivity contribution >= 4 is 33.6 Å². The lowest BCUT2D eigenvalue weighted by atomic mass is 10.0. The molecule has 1 fully saturated rings. The van der Waals surface area contributed by atoms with Crippen molar-refractivity contribution in [3.05, 3.63) is 17.3 Å². The zero-order valence-electron chi connectivity index (χ0n) is 17.2. The molecule has 2 aliphatic heterocycles. The topological polar surface area (TPSA) is 56.6 Å². The van der Waals surface area contributed by atoms with Crippen LogP contribution in [0, 0.1) is 5.92 Å². The number of halogens is 3. The van der Waals surface area contributed by atoms with E-state index in [1.54, 1.807) is 6.07 Å². The van der Waals surface area contributed by atoms with Crippen LogP contribution in [0.4, 0.5) is 19.0 Å². The minimum Gasteiger partial charge on any atom is -0.356 e. The first-order valence-electron chi connectivity index (χ1n) is 10.3. The Labute approximate surface area is 178 Å². The number of nitrogens with one attached hydrogen (secondary N) is 1. The van der Waals surface area contributed by atoms with Crippen molar-refractivity contribution in [2.45, 2.75) is 50.9 Å². The molecule has 3 atom stereocenters. The second kappa shape index (κ2) is 8.66. The fraction of sp³-hybridized carbons (Fsp3) is 0.650. The molecular weight excluding hydrogens is 413 g/mol. The van der Waals surface area contributed by atoms with Crippen LogP contribution in [0.2, 0.25) is 0 Å². The van der Waals surface area contributed by atoms with Crippen LogP contribution in [0.5, 0.6) is 0 Å². The van der Waals surface area contributed by atoms with Gasteiger partial charge < -0.3 is 10.2 Å². The molecule has 1 N–H and O–H groups in total. The van der Waals surface area contributed by atoms with Gasteiger partial charge in [-0.15, -0.1) is 11.3 Å². The Kier molecular flexibility index (Phi) is 6.15. The van der Waals surface area contributed by atoms with E-state index >= 15 is 0 Å². The summed E-state index contributed by atoms with van der Waals surface area (Å²) in [5, 5.41) is 10.8. The lowest BCUT2D eigenvalue weighted by Gasteiger charge is -2.26. The van der Waals surface area contributed by atoms with Crippen LogP contribution in [0.3, 0.4) is 0 Å². The van der Waals surface area contributed by atoms with Gasteiger partial charge in [0.1, 0.15) is 17.0 Å². The molecular formula is C20H27F3N6S. The molecule has 2 aliphatic rings. The largest absolute Gasteiger partial charge is 0.393 e. The van der Waals surface area contributed by atoms with Crippen molar-refractivity contribution in [3.63, 3.8) is 0 Å². The third-order valence-corrected chi connectivity index (χ3v) is 6.88. The fourth-order valence-corrected chi connectivity index (χ4v) is 5.31. The highest BCUT2D eigenvalue weighted by Gasteiger charge is 2.30. The van der Waals surface area contributed by atoms with Crippen molar-refractivity contribution in [2.24, 2.45) is 11.0 Å². The van der Waals surface area contributed by atoms with Crippen molar-refractivity contribution in [3.8, 4) is 0 Å². The molecule has 0 radical (unpaired) electrons. The van der Waals surface area contributed by atoms with Crippen LogP contribution in [0.25, 0.3) is 10.2 Å². The van der Waals surface area contributed by atoms with E-state index in [0.29, 0.717) is 22.8 Å². The predicted octanol–water partition coefficient (Wildman–Crippen LogP) is 3.68. The lowest BCUT2D eigenvalue weighted by Crippen LogP contribution is -2.43. The maximum Gasteiger partial charge on any atom is 0.393 e. The number of hydrogen-bond donors (Lipinski definition) is 1. The van der Waals surface area contributed by atoms with Crippen molar-refractivity contribution in [1.82, 2.24) is 20.3 Å². The summed E-state index contributed by atoms with van der Waals surface area (Å²) in [5.74, 6) is 1.16. The van der Waals surface area contributed by atoms with Crippen LogP contribution in [-0.2, 0) is 6.42 Å².